The molecule has 0 aliphatic rings. The van der Waals surface area contributed by atoms with Crippen molar-refractivity contribution in [2.75, 3.05) is 0 Å². The summed E-state index contributed by atoms with van der Waals surface area (Å²) in [6, 6.07) is 10.6. The van der Waals surface area contributed by atoms with Gasteiger partial charge in [0.1, 0.15) is 12.2 Å². The third-order valence-electron chi connectivity index (χ3n) is 3.37. The Morgan fingerprint density at radius 3 is 3.00 bits per heavy atom. The highest BCUT2D eigenvalue weighted by molar-refractivity contribution is 7.19. The lowest BCUT2D eigenvalue weighted by Gasteiger charge is -2.13. The van der Waals surface area contributed by atoms with Crippen molar-refractivity contribution in [2.24, 2.45) is 5.84 Å². The van der Waals surface area contributed by atoms with Crippen molar-refractivity contribution < 1.29 is 0 Å². The van der Waals surface area contributed by atoms with Crippen LogP contribution in [0.3, 0.4) is 0 Å². The van der Waals surface area contributed by atoms with Crippen LogP contribution in [0, 0.1) is 0 Å². The SMILES string of the molecule is CCn1ncnc1CC(NN)c1cc2ccccc2s1. The summed E-state index contributed by atoms with van der Waals surface area (Å²) in [7, 11) is 0. The minimum Gasteiger partial charge on any atom is -0.271 e. The summed E-state index contributed by atoms with van der Waals surface area (Å²) in [5.74, 6) is 6.69. The molecular formula is C14H17N5S. The molecule has 0 bridgehead atoms. The van der Waals surface area contributed by atoms with Gasteiger partial charge in [-0.25, -0.2) is 4.98 Å². The zero-order valence-electron chi connectivity index (χ0n) is 11.3. The van der Waals surface area contributed by atoms with Gasteiger partial charge in [0.15, 0.2) is 0 Å². The molecule has 3 N–H and O–H groups in total. The number of hydrogen-bond donors (Lipinski definition) is 2. The molecule has 0 radical (unpaired) electrons. The van der Waals surface area contributed by atoms with E-state index < -0.39 is 0 Å². The maximum atomic E-state index is 5.73. The molecule has 1 aromatic carbocycles. The molecular weight excluding hydrogens is 270 g/mol. The Morgan fingerprint density at radius 1 is 1.40 bits per heavy atom. The number of aryl methyl sites for hydroxylation is 1. The van der Waals surface area contributed by atoms with Crippen LogP contribution in [0.5, 0.6) is 0 Å². The van der Waals surface area contributed by atoms with Gasteiger partial charge in [-0.3, -0.25) is 16.0 Å². The normalized spacial score (nSPS) is 12.9. The van der Waals surface area contributed by atoms with Crippen molar-refractivity contribution in [3.8, 4) is 0 Å². The summed E-state index contributed by atoms with van der Waals surface area (Å²) in [5.41, 5.74) is 2.90. The van der Waals surface area contributed by atoms with Gasteiger partial charge in [-0.05, 0) is 24.4 Å². The van der Waals surface area contributed by atoms with Gasteiger partial charge in [-0.1, -0.05) is 18.2 Å². The number of nitrogens with one attached hydrogen (secondary N) is 1. The van der Waals surface area contributed by atoms with E-state index in [4.69, 9.17) is 5.84 Å². The minimum atomic E-state index is 0.0573. The van der Waals surface area contributed by atoms with E-state index >= 15 is 0 Å². The van der Waals surface area contributed by atoms with Crippen molar-refractivity contribution in [2.45, 2.75) is 25.9 Å². The second-order valence-electron chi connectivity index (χ2n) is 4.60. The highest BCUT2D eigenvalue weighted by Gasteiger charge is 2.16. The molecule has 0 saturated carbocycles. The van der Waals surface area contributed by atoms with Crippen LogP contribution in [0.15, 0.2) is 36.7 Å². The fourth-order valence-electron chi connectivity index (χ4n) is 2.31. The van der Waals surface area contributed by atoms with Crippen LogP contribution < -0.4 is 11.3 Å². The maximum absolute atomic E-state index is 5.73. The Kier molecular flexibility index (Phi) is 3.77. The fourth-order valence-corrected chi connectivity index (χ4v) is 3.43. The zero-order chi connectivity index (χ0) is 13.9. The number of thiophene rings is 1. The molecule has 3 rings (SSSR count). The molecule has 0 saturated heterocycles. The van der Waals surface area contributed by atoms with Gasteiger partial charge in [0.05, 0.1) is 6.04 Å². The van der Waals surface area contributed by atoms with Crippen molar-refractivity contribution in [1.29, 1.82) is 0 Å². The molecule has 1 unspecified atom stereocenters. The third kappa shape index (κ3) is 2.45. The first-order chi connectivity index (χ1) is 9.81. The molecule has 0 amide bonds. The topological polar surface area (TPSA) is 68.8 Å². The number of aromatic nitrogens is 3. The second kappa shape index (κ2) is 5.70. The van der Waals surface area contributed by atoms with E-state index in [1.54, 1.807) is 17.7 Å². The molecule has 0 aliphatic carbocycles. The van der Waals surface area contributed by atoms with Gasteiger partial charge in [-0.15, -0.1) is 11.3 Å². The summed E-state index contributed by atoms with van der Waals surface area (Å²) >= 11 is 1.77. The quantitative estimate of drug-likeness (QED) is 0.558. The zero-order valence-corrected chi connectivity index (χ0v) is 12.1. The smallest absolute Gasteiger partial charge is 0.138 e. The van der Waals surface area contributed by atoms with E-state index in [1.165, 1.54) is 15.0 Å². The highest BCUT2D eigenvalue weighted by atomic mass is 32.1. The van der Waals surface area contributed by atoms with Gasteiger partial charge < -0.3 is 0 Å². The van der Waals surface area contributed by atoms with E-state index in [0.29, 0.717) is 0 Å². The van der Waals surface area contributed by atoms with Crippen LogP contribution in [-0.2, 0) is 13.0 Å². The van der Waals surface area contributed by atoms with Gasteiger partial charge in [-0.2, -0.15) is 5.10 Å². The molecule has 1 atom stereocenters. The first-order valence-corrected chi connectivity index (χ1v) is 7.44. The molecule has 104 valence electrons. The number of rotatable bonds is 5. The number of benzene rings is 1. The Balaban J connectivity index is 1.89. The van der Waals surface area contributed by atoms with Crippen molar-refractivity contribution in [1.82, 2.24) is 20.2 Å². The van der Waals surface area contributed by atoms with Crippen LogP contribution in [-0.4, -0.2) is 14.8 Å². The molecule has 3 aromatic rings. The fraction of sp³-hybridized carbons (Fsp3) is 0.286. The Bertz CT molecular complexity index is 669. The lowest BCUT2D eigenvalue weighted by molar-refractivity contribution is 0.516. The van der Waals surface area contributed by atoms with Gasteiger partial charge in [0.25, 0.3) is 0 Å². The Hall–Kier alpha value is -1.76. The largest absolute Gasteiger partial charge is 0.271 e. The van der Waals surface area contributed by atoms with E-state index in [0.717, 1.165) is 18.8 Å². The highest BCUT2D eigenvalue weighted by Crippen LogP contribution is 2.30. The van der Waals surface area contributed by atoms with Crippen LogP contribution in [0.1, 0.15) is 23.7 Å². The van der Waals surface area contributed by atoms with Gasteiger partial charge >= 0.3 is 0 Å². The maximum Gasteiger partial charge on any atom is 0.138 e. The number of nitrogens with two attached hydrogens (primary N) is 1. The summed E-state index contributed by atoms with van der Waals surface area (Å²) < 4.78 is 3.18. The summed E-state index contributed by atoms with van der Waals surface area (Å²) in [6.07, 6.45) is 2.33. The second-order valence-corrected chi connectivity index (χ2v) is 5.72. The van der Waals surface area contributed by atoms with Crippen molar-refractivity contribution in [3.63, 3.8) is 0 Å². The summed E-state index contributed by atoms with van der Waals surface area (Å²) in [6.45, 7) is 2.88. The number of nitrogens with zero attached hydrogens (tertiary/aromatic N) is 3. The van der Waals surface area contributed by atoms with Gasteiger partial charge in [0.2, 0.25) is 0 Å². The predicted octanol–water partition coefficient (Wildman–Crippen LogP) is 2.26. The average molecular weight is 287 g/mol. The number of hydrazine groups is 1. The van der Waals surface area contributed by atoms with Gasteiger partial charge in [0, 0.05) is 22.5 Å². The molecule has 0 aliphatic heterocycles. The van der Waals surface area contributed by atoms with E-state index in [1.807, 2.05) is 4.68 Å². The predicted molar refractivity (Wildman–Crippen MR) is 81.3 cm³/mol. The van der Waals surface area contributed by atoms with E-state index in [9.17, 15) is 0 Å². The Labute approximate surface area is 121 Å². The molecule has 20 heavy (non-hydrogen) atoms. The van der Waals surface area contributed by atoms with Crippen LogP contribution in [0.25, 0.3) is 10.1 Å². The lowest BCUT2D eigenvalue weighted by Crippen LogP contribution is -2.29. The first-order valence-electron chi connectivity index (χ1n) is 6.63. The van der Waals surface area contributed by atoms with Crippen LogP contribution in [0.4, 0.5) is 0 Å². The first kappa shape index (κ1) is 13.2. The minimum absolute atomic E-state index is 0.0573. The standard InChI is InChI=1S/C14H17N5S/c1-2-19-14(16-9-17-19)8-11(18-15)13-7-10-5-3-4-6-12(10)20-13/h3-7,9,11,18H,2,8,15H2,1H3. The monoisotopic (exact) mass is 287 g/mol. The molecule has 0 spiro atoms. The molecule has 0 fully saturated rings. The Morgan fingerprint density at radius 2 is 2.25 bits per heavy atom. The summed E-state index contributed by atoms with van der Waals surface area (Å²) in [5, 5.41) is 5.45. The number of fused-ring (bicyclic) bond motifs is 1. The molecule has 2 aromatic heterocycles. The molecule has 5 nitrogen and oxygen atoms in total. The average Bonchev–Trinajstić information content (AvgIpc) is 3.10. The molecule has 6 heteroatoms. The van der Waals surface area contributed by atoms with Crippen molar-refractivity contribution >= 4 is 21.4 Å². The number of hydrogen-bond acceptors (Lipinski definition) is 5. The van der Waals surface area contributed by atoms with E-state index in [2.05, 4.69) is 52.8 Å². The third-order valence-corrected chi connectivity index (χ3v) is 4.60. The summed E-state index contributed by atoms with van der Waals surface area (Å²) in [4.78, 5) is 5.54. The van der Waals surface area contributed by atoms with Crippen LogP contribution in [0.2, 0.25) is 0 Å². The van der Waals surface area contributed by atoms with Crippen molar-refractivity contribution in [3.05, 3.63) is 47.4 Å². The van der Waals surface area contributed by atoms with Crippen LogP contribution >= 0.6 is 11.3 Å². The lowest BCUT2D eigenvalue weighted by atomic mass is 10.1. The molecule has 2 heterocycles. The van der Waals surface area contributed by atoms with E-state index in [-0.39, 0.29) is 6.04 Å².